The Morgan fingerprint density at radius 1 is 1.45 bits per heavy atom. The lowest BCUT2D eigenvalue weighted by molar-refractivity contribution is 0.139. The number of rotatable bonds is 3. The highest BCUT2D eigenvalue weighted by Crippen LogP contribution is 2.21. The number of halogens is 1. The molecule has 0 radical (unpaired) electrons. The van der Waals surface area contributed by atoms with Crippen LogP contribution in [0.15, 0.2) is 18.2 Å². The van der Waals surface area contributed by atoms with Crippen LogP contribution in [0.5, 0.6) is 5.75 Å². The Hall–Kier alpha value is -1.28. The summed E-state index contributed by atoms with van der Waals surface area (Å²) in [6, 6.07) is 9.02. The molecule has 5 heteroatoms. The van der Waals surface area contributed by atoms with Crippen LogP contribution in [0.3, 0.4) is 0 Å². The number of nitriles is 1. The van der Waals surface area contributed by atoms with Crippen LogP contribution in [0.1, 0.15) is 25.0 Å². The Labute approximate surface area is 127 Å². The molecule has 2 unspecified atom stereocenters. The Morgan fingerprint density at radius 3 is 2.85 bits per heavy atom. The van der Waals surface area contributed by atoms with Crippen LogP contribution in [0.4, 0.5) is 0 Å². The van der Waals surface area contributed by atoms with Gasteiger partial charge in [0.05, 0.1) is 12.7 Å². The van der Waals surface area contributed by atoms with Gasteiger partial charge >= 0.3 is 0 Å². The van der Waals surface area contributed by atoms with Crippen molar-refractivity contribution in [2.24, 2.45) is 0 Å². The molecule has 1 saturated heterocycles. The second-order valence-corrected chi connectivity index (χ2v) is 5.23. The van der Waals surface area contributed by atoms with Crippen LogP contribution < -0.4 is 10.1 Å². The SMILES string of the molecule is COc1cc(CN2CC(C)NCC2C)ccc1C#N.Cl. The molecule has 1 N–H and O–H groups in total. The fraction of sp³-hybridized carbons (Fsp3) is 0.533. The number of piperazine rings is 1. The first kappa shape index (κ1) is 16.8. The van der Waals surface area contributed by atoms with Gasteiger partial charge in [-0.05, 0) is 31.5 Å². The number of nitrogens with zero attached hydrogens (tertiary/aromatic N) is 2. The van der Waals surface area contributed by atoms with E-state index in [1.807, 2.05) is 18.2 Å². The van der Waals surface area contributed by atoms with E-state index in [0.717, 1.165) is 19.6 Å². The zero-order valence-electron chi connectivity index (χ0n) is 12.2. The molecule has 0 bridgehead atoms. The predicted molar refractivity (Wildman–Crippen MR) is 82.3 cm³/mol. The van der Waals surface area contributed by atoms with E-state index in [9.17, 15) is 0 Å². The quantitative estimate of drug-likeness (QED) is 0.928. The van der Waals surface area contributed by atoms with Gasteiger partial charge < -0.3 is 10.1 Å². The molecule has 20 heavy (non-hydrogen) atoms. The van der Waals surface area contributed by atoms with E-state index >= 15 is 0 Å². The highest BCUT2D eigenvalue weighted by atomic mass is 35.5. The summed E-state index contributed by atoms with van der Waals surface area (Å²) < 4.78 is 5.26. The lowest BCUT2D eigenvalue weighted by Gasteiger charge is -2.37. The van der Waals surface area contributed by atoms with Crippen molar-refractivity contribution in [3.8, 4) is 11.8 Å². The van der Waals surface area contributed by atoms with Crippen LogP contribution in [0.25, 0.3) is 0 Å². The van der Waals surface area contributed by atoms with Gasteiger partial charge in [0.2, 0.25) is 0 Å². The monoisotopic (exact) mass is 295 g/mol. The Bertz CT molecular complexity index is 486. The number of nitrogens with one attached hydrogen (secondary N) is 1. The first-order chi connectivity index (χ1) is 9.13. The summed E-state index contributed by atoms with van der Waals surface area (Å²) in [5.41, 5.74) is 1.78. The maximum atomic E-state index is 8.99. The Kier molecular flexibility index (Phi) is 6.28. The second-order valence-electron chi connectivity index (χ2n) is 5.23. The van der Waals surface area contributed by atoms with E-state index in [1.54, 1.807) is 7.11 Å². The molecule has 2 atom stereocenters. The number of hydrogen-bond donors (Lipinski definition) is 1. The summed E-state index contributed by atoms with van der Waals surface area (Å²) >= 11 is 0. The third kappa shape index (κ3) is 3.86. The van der Waals surface area contributed by atoms with Crippen molar-refractivity contribution in [3.63, 3.8) is 0 Å². The average Bonchev–Trinajstić information content (AvgIpc) is 2.42. The van der Waals surface area contributed by atoms with Crippen molar-refractivity contribution in [1.82, 2.24) is 10.2 Å². The van der Waals surface area contributed by atoms with Crippen molar-refractivity contribution in [2.45, 2.75) is 32.5 Å². The van der Waals surface area contributed by atoms with Crippen molar-refractivity contribution < 1.29 is 4.74 Å². The van der Waals surface area contributed by atoms with Gasteiger partial charge in [-0.1, -0.05) is 6.07 Å². The van der Waals surface area contributed by atoms with Gasteiger partial charge in [0.1, 0.15) is 11.8 Å². The van der Waals surface area contributed by atoms with Gasteiger partial charge in [-0.3, -0.25) is 4.90 Å². The maximum absolute atomic E-state index is 8.99. The van der Waals surface area contributed by atoms with Gasteiger partial charge in [0, 0.05) is 31.7 Å². The van der Waals surface area contributed by atoms with Crippen molar-refractivity contribution in [3.05, 3.63) is 29.3 Å². The number of benzene rings is 1. The third-order valence-electron chi connectivity index (χ3n) is 3.67. The van der Waals surface area contributed by atoms with Crippen LogP contribution in [0.2, 0.25) is 0 Å². The first-order valence-corrected chi connectivity index (χ1v) is 6.68. The molecule has 2 rings (SSSR count). The molecule has 1 fully saturated rings. The smallest absolute Gasteiger partial charge is 0.136 e. The fourth-order valence-corrected chi connectivity index (χ4v) is 2.48. The lowest BCUT2D eigenvalue weighted by Crippen LogP contribution is -2.53. The second kappa shape index (κ2) is 7.49. The van der Waals surface area contributed by atoms with Gasteiger partial charge in [-0.2, -0.15) is 5.26 Å². The minimum absolute atomic E-state index is 0. The van der Waals surface area contributed by atoms with Crippen LogP contribution in [-0.2, 0) is 6.54 Å². The van der Waals surface area contributed by atoms with Gasteiger partial charge in [0.25, 0.3) is 0 Å². The molecule has 110 valence electrons. The fourth-order valence-electron chi connectivity index (χ4n) is 2.48. The zero-order chi connectivity index (χ0) is 13.8. The molecule has 0 aliphatic carbocycles. The molecule has 0 amide bonds. The molecular weight excluding hydrogens is 274 g/mol. The van der Waals surface area contributed by atoms with Gasteiger partial charge in [0.15, 0.2) is 0 Å². The standard InChI is InChI=1S/C15H21N3O.ClH/c1-11-9-18(12(2)8-17-11)10-13-4-5-14(7-16)15(6-13)19-3;/h4-6,11-12,17H,8-10H2,1-3H3;1H. The summed E-state index contributed by atoms with van der Waals surface area (Å²) in [6.45, 7) is 7.41. The van der Waals surface area contributed by atoms with E-state index < -0.39 is 0 Å². The lowest BCUT2D eigenvalue weighted by atomic mass is 10.1. The molecule has 1 aliphatic heterocycles. The Balaban J connectivity index is 0.00000200. The van der Waals surface area contributed by atoms with Crippen molar-refractivity contribution >= 4 is 12.4 Å². The van der Waals surface area contributed by atoms with Gasteiger partial charge in [-0.25, -0.2) is 0 Å². The largest absolute Gasteiger partial charge is 0.495 e. The summed E-state index contributed by atoms with van der Waals surface area (Å²) in [6.07, 6.45) is 0. The Morgan fingerprint density at radius 2 is 2.20 bits per heavy atom. The molecule has 0 aromatic heterocycles. The normalized spacial score (nSPS) is 22.7. The zero-order valence-corrected chi connectivity index (χ0v) is 13.0. The first-order valence-electron chi connectivity index (χ1n) is 6.68. The van der Waals surface area contributed by atoms with E-state index in [0.29, 0.717) is 23.4 Å². The van der Waals surface area contributed by atoms with Crippen LogP contribution in [-0.4, -0.2) is 37.2 Å². The molecule has 1 aromatic carbocycles. The van der Waals surface area contributed by atoms with Crippen molar-refractivity contribution in [2.75, 3.05) is 20.2 Å². The minimum atomic E-state index is 0. The van der Waals surface area contributed by atoms with E-state index in [1.165, 1.54) is 5.56 Å². The number of methoxy groups -OCH3 is 1. The average molecular weight is 296 g/mol. The topological polar surface area (TPSA) is 48.3 Å². The van der Waals surface area contributed by atoms with E-state index in [2.05, 4.69) is 30.1 Å². The molecular formula is C15H22ClN3O. The predicted octanol–water partition coefficient (Wildman–Crippen LogP) is 2.17. The molecule has 1 heterocycles. The minimum Gasteiger partial charge on any atom is -0.495 e. The van der Waals surface area contributed by atoms with E-state index in [-0.39, 0.29) is 12.4 Å². The van der Waals surface area contributed by atoms with Crippen LogP contribution >= 0.6 is 12.4 Å². The van der Waals surface area contributed by atoms with Crippen LogP contribution in [0, 0.1) is 11.3 Å². The summed E-state index contributed by atoms with van der Waals surface area (Å²) in [4.78, 5) is 2.46. The summed E-state index contributed by atoms with van der Waals surface area (Å²) in [7, 11) is 1.61. The van der Waals surface area contributed by atoms with E-state index in [4.69, 9.17) is 10.00 Å². The molecule has 0 saturated carbocycles. The summed E-state index contributed by atoms with van der Waals surface area (Å²) in [5, 5.41) is 12.5. The third-order valence-corrected chi connectivity index (χ3v) is 3.67. The maximum Gasteiger partial charge on any atom is 0.136 e. The highest BCUT2D eigenvalue weighted by Gasteiger charge is 2.22. The molecule has 1 aliphatic rings. The molecule has 0 spiro atoms. The molecule has 4 nitrogen and oxygen atoms in total. The summed E-state index contributed by atoms with van der Waals surface area (Å²) in [5.74, 6) is 0.663. The van der Waals surface area contributed by atoms with Gasteiger partial charge in [-0.15, -0.1) is 12.4 Å². The highest BCUT2D eigenvalue weighted by molar-refractivity contribution is 5.85. The molecule has 1 aromatic rings. The van der Waals surface area contributed by atoms with Crippen molar-refractivity contribution in [1.29, 1.82) is 5.26 Å². The number of hydrogen-bond acceptors (Lipinski definition) is 4. The number of ether oxygens (including phenoxy) is 1.